The Morgan fingerprint density at radius 2 is 1.83 bits per heavy atom. The van der Waals surface area contributed by atoms with Crippen LogP contribution >= 0.6 is 11.8 Å². The third-order valence-electron chi connectivity index (χ3n) is 2.79. The summed E-state index contributed by atoms with van der Waals surface area (Å²) >= 11 is 1.52. The highest BCUT2D eigenvalue weighted by Gasteiger charge is 2.17. The number of aromatic nitrogens is 1. The van der Waals surface area contributed by atoms with E-state index in [0.29, 0.717) is 5.56 Å². The zero-order valence-electron chi connectivity index (χ0n) is 13.9. The molecule has 24 heavy (non-hydrogen) atoms. The fourth-order valence-corrected chi connectivity index (χ4v) is 2.61. The number of rotatable bonds is 5. The molecule has 1 amide bonds. The first-order chi connectivity index (χ1) is 11.3. The fourth-order valence-electron chi connectivity index (χ4n) is 1.83. The van der Waals surface area contributed by atoms with Crippen LogP contribution in [-0.2, 0) is 9.53 Å². The van der Waals surface area contributed by atoms with Gasteiger partial charge in [-0.05, 0) is 57.2 Å². The minimum absolute atomic E-state index is 0.152. The van der Waals surface area contributed by atoms with Gasteiger partial charge in [0.15, 0.2) is 0 Å². The SMILES string of the molecule is CC(C)(C)OC(=O)CNC(=O)c1ccc(Sc2ccccn2)cc1. The van der Waals surface area contributed by atoms with Gasteiger partial charge in [-0.15, -0.1) is 0 Å². The second-order valence-corrected chi connectivity index (χ2v) is 7.16. The smallest absolute Gasteiger partial charge is 0.325 e. The van der Waals surface area contributed by atoms with Crippen LogP contribution in [0.15, 0.2) is 58.6 Å². The predicted molar refractivity (Wildman–Crippen MR) is 93.0 cm³/mol. The Labute approximate surface area is 145 Å². The van der Waals surface area contributed by atoms with Gasteiger partial charge in [0.05, 0.1) is 0 Å². The van der Waals surface area contributed by atoms with Crippen molar-refractivity contribution in [3.8, 4) is 0 Å². The molecule has 0 fully saturated rings. The normalized spacial score (nSPS) is 11.0. The highest BCUT2D eigenvalue weighted by molar-refractivity contribution is 7.99. The number of hydrogen-bond donors (Lipinski definition) is 1. The summed E-state index contributed by atoms with van der Waals surface area (Å²) in [6.07, 6.45) is 1.74. The summed E-state index contributed by atoms with van der Waals surface area (Å²) in [7, 11) is 0. The maximum atomic E-state index is 12.0. The number of nitrogens with one attached hydrogen (secondary N) is 1. The number of carbonyl (C=O) groups is 2. The lowest BCUT2D eigenvalue weighted by atomic mass is 10.2. The molecule has 1 N–H and O–H groups in total. The molecule has 0 aliphatic rings. The Kier molecular flexibility index (Phi) is 5.98. The fraction of sp³-hybridized carbons (Fsp3) is 0.278. The van der Waals surface area contributed by atoms with Gasteiger partial charge in [-0.25, -0.2) is 4.98 Å². The molecule has 5 nitrogen and oxygen atoms in total. The molecule has 0 bridgehead atoms. The molecule has 0 radical (unpaired) electrons. The summed E-state index contributed by atoms with van der Waals surface area (Å²) in [6.45, 7) is 5.20. The Bertz CT molecular complexity index is 694. The van der Waals surface area contributed by atoms with Gasteiger partial charge in [0.2, 0.25) is 0 Å². The maximum absolute atomic E-state index is 12.0. The third kappa shape index (κ3) is 6.04. The Morgan fingerprint density at radius 3 is 2.42 bits per heavy atom. The Balaban J connectivity index is 1.88. The standard InChI is InChI=1S/C18H20N2O3S/c1-18(2,3)23-16(21)12-20-17(22)13-7-9-14(10-8-13)24-15-6-4-5-11-19-15/h4-11H,12H2,1-3H3,(H,20,22). The van der Waals surface area contributed by atoms with Gasteiger partial charge in [0.1, 0.15) is 17.2 Å². The van der Waals surface area contributed by atoms with E-state index >= 15 is 0 Å². The van der Waals surface area contributed by atoms with E-state index in [4.69, 9.17) is 4.74 Å². The van der Waals surface area contributed by atoms with Crippen LogP contribution in [0.5, 0.6) is 0 Å². The van der Waals surface area contributed by atoms with E-state index in [1.165, 1.54) is 11.8 Å². The van der Waals surface area contributed by atoms with Crippen molar-refractivity contribution in [3.05, 3.63) is 54.2 Å². The largest absolute Gasteiger partial charge is 0.459 e. The molecule has 0 unspecified atom stereocenters. The second-order valence-electron chi connectivity index (χ2n) is 6.06. The summed E-state index contributed by atoms with van der Waals surface area (Å²) in [5.74, 6) is -0.770. The lowest BCUT2D eigenvalue weighted by Gasteiger charge is -2.19. The first-order valence-corrected chi connectivity index (χ1v) is 8.34. The number of pyridine rings is 1. The number of benzene rings is 1. The molecule has 1 aromatic heterocycles. The predicted octanol–water partition coefficient (Wildman–Crippen LogP) is 3.30. The van der Waals surface area contributed by atoms with Gasteiger partial charge in [-0.3, -0.25) is 9.59 Å². The van der Waals surface area contributed by atoms with E-state index in [1.54, 1.807) is 39.1 Å². The van der Waals surface area contributed by atoms with Crippen molar-refractivity contribution in [2.24, 2.45) is 0 Å². The summed E-state index contributed by atoms with van der Waals surface area (Å²) in [4.78, 5) is 28.9. The highest BCUT2D eigenvalue weighted by atomic mass is 32.2. The van der Waals surface area contributed by atoms with E-state index in [0.717, 1.165) is 9.92 Å². The molecule has 0 saturated heterocycles. The van der Waals surface area contributed by atoms with E-state index in [-0.39, 0.29) is 12.5 Å². The molecule has 0 saturated carbocycles. The number of esters is 1. The molecular weight excluding hydrogens is 324 g/mol. The summed E-state index contributed by atoms with van der Waals surface area (Å²) < 4.78 is 5.15. The maximum Gasteiger partial charge on any atom is 0.325 e. The molecule has 0 spiro atoms. The average molecular weight is 344 g/mol. The first-order valence-electron chi connectivity index (χ1n) is 7.52. The first kappa shape index (κ1) is 18.0. The number of carbonyl (C=O) groups excluding carboxylic acids is 2. The molecule has 2 rings (SSSR count). The number of ether oxygens (including phenoxy) is 1. The van der Waals surface area contributed by atoms with E-state index in [9.17, 15) is 9.59 Å². The number of nitrogens with zero attached hydrogens (tertiary/aromatic N) is 1. The minimum Gasteiger partial charge on any atom is -0.459 e. The van der Waals surface area contributed by atoms with Crippen LogP contribution in [0, 0.1) is 0 Å². The monoisotopic (exact) mass is 344 g/mol. The van der Waals surface area contributed by atoms with E-state index < -0.39 is 11.6 Å². The molecular formula is C18H20N2O3S. The zero-order chi connectivity index (χ0) is 17.6. The van der Waals surface area contributed by atoms with Crippen molar-refractivity contribution in [2.45, 2.75) is 36.3 Å². The van der Waals surface area contributed by atoms with Crippen molar-refractivity contribution in [2.75, 3.05) is 6.54 Å². The summed E-state index contributed by atoms with van der Waals surface area (Å²) in [5, 5.41) is 3.45. The van der Waals surface area contributed by atoms with Gasteiger partial charge in [-0.2, -0.15) is 0 Å². The van der Waals surface area contributed by atoms with E-state index in [2.05, 4.69) is 10.3 Å². The summed E-state index contributed by atoms with van der Waals surface area (Å²) in [5.41, 5.74) is -0.0736. The van der Waals surface area contributed by atoms with Crippen LogP contribution in [0.4, 0.5) is 0 Å². The van der Waals surface area contributed by atoms with Crippen LogP contribution in [0.25, 0.3) is 0 Å². The lowest BCUT2D eigenvalue weighted by Crippen LogP contribution is -2.34. The van der Waals surface area contributed by atoms with Gasteiger partial charge in [-0.1, -0.05) is 17.8 Å². The topological polar surface area (TPSA) is 68.3 Å². The van der Waals surface area contributed by atoms with Gasteiger partial charge >= 0.3 is 5.97 Å². The number of amides is 1. The van der Waals surface area contributed by atoms with Crippen LogP contribution in [-0.4, -0.2) is 29.0 Å². The quantitative estimate of drug-likeness (QED) is 0.843. The zero-order valence-corrected chi connectivity index (χ0v) is 14.7. The summed E-state index contributed by atoms with van der Waals surface area (Å²) in [6, 6.07) is 12.8. The van der Waals surface area contributed by atoms with Gasteiger partial charge < -0.3 is 10.1 Å². The molecule has 1 aromatic carbocycles. The Hall–Kier alpha value is -2.34. The average Bonchev–Trinajstić information content (AvgIpc) is 2.53. The van der Waals surface area contributed by atoms with Crippen LogP contribution in [0.1, 0.15) is 31.1 Å². The van der Waals surface area contributed by atoms with Crippen molar-refractivity contribution >= 4 is 23.6 Å². The third-order valence-corrected chi connectivity index (χ3v) is 3.75. The molecule has 0 aliphatic heterocycles. The Morgan fingerprint density at radius 1 is 1.12 bits per heavy atom. The van der Waals surface area contributed by atoms with Crippen LogP contribution in [0.3, 0.4) is 0 Å². The lowest BCUT2D eigenvalue weighted by molar-refractivity contribution is -0.153. The molecule has 2 aromatic rings. The molecule has 0 atom stereocenters. The van der Waals surface area contributed by atoms with Crippen LogP contribution in [0.2, 0.25) is 0 Å². The molecule has 0 aliphatic carbocycles. The highest BCUT2D eigenvalue weighted by Crippen LogP contribution is 2.25. The van der Waals surface area contributed by atoms with Crippen molar-refractivity contribution in [1.82, 2.24) is 10.3 Å². The van der Waals surface area contributed by atoms with Crippen molar-refractivity contribution in [3.63, 3.8) is 0 Å². The van der Waals surface area contributed by atoms with Crippen molar-refractivity contribution < 1.29 is 14.3 Å². The number of hydrogen-bond acceptors (Lipinski definition) is 5. The van der Waals surface area contributed by atoms with Gasteiger partial charge in [0, 0.05) is 16.7 Å². The van der Waals surface area contributed by atoms with Crippen LogP contribution < -0.4 is 5.32 Å². The van der Waals surface area contributed by atoms with E-state index in [1.807, 2.05) is 30.3 Å². The van der Waals surface area contributed by atoms with Gasteiger partial charge in [0.25, 0.3) is 5.91 Å². The van der Waals surface area contributed by atoms with Crippen molar-refractivity contribution in [1.29, 1.82) is 0 Å². The molecule has 126 valence electrons. The minimum atomic E-state index is -0.563. The molecule has 1 heterocycles. The second kappa shape index (κ2) is 7.97. The molecule has 6 heteroatoms.